The third kappa shape index (κ3) is 2.68. The van der Waals surface area contributed by atoms with E-state index in [1.54, 1.807) is 6.92 Å². The van der Waals surface area contributed by atoms with Gasteiger partial charge in [-0.3, -0.25) is 0 Å². The predicted molar refractivity (Wildman–Crippen MR) is 93.0 cm³/mol. The van der Waals surface area contributed by atoms with Crippen molar-refractivity contribution in [3.8, 4) is 0 Å². The lowest BCUT2D eigenvalue weighted by atomic mass is 9.87. The summed E-state index contributed by atoms with van der Waals surface area (Å²) in [4.78, 5) is 17.1. The van der Waals surface area contributed by atoms with Gasteiger partial charge in [0, 0.05) is 5.56 Å². The first kappa shape index (κ1) is 16.2. The van der Waals surface area contributed by atoms with Crippen molar-refractivity contribution in [3.05, 3.63) is 71.3 Å². The van der Waals surface area contributed by atoms with Crippen LogP contribution in [0.3, 0.4) is 0 Å². The minimum Gasteiger partial charge on any atom is -0.467 e. The van der Waals surface area contributed by atoms with E-state index < -0.39 is 17.6 Å². The van der Waals surface area contributed by atoms with Crippen LogP contribution in [0.15, 0.2) is 59.6 Å². The average molecular weight is 323 g/mol. The second-order valence-corrected chi connectivity index (χ2v) is 5.97. The zero-order chi connectivity index (χ0) is 17.2. The Bertz CT molecular complexity index is 769. The number of ether oxygens (including phenoxy) is 2. The number of esters is 1. The van der Waals surface area contributed by atoms with E-state index in [0.29, 0.717) is 5.90 Å². The molecule has 0 unspecified atom stereocenters. The Balaban J connectivity index is 2.08. The summed E-state index contributed by atoms with van der Waals surface area (Å²) >= 11 is 0. The van der Waals surface area contributed by atoms with Crippen LogP contribution >= 0.6 is 0 Å². The SMILES string of the molecule is CCc1ccccc1[C@@H]1OC(c2ccccc2)=N[C@]1(C)C(=O)OC. The molecule has 0 N–H and O–H groups in total. The van der Waals surface area contributed by atoms with E-state index in [-0.39, 0.29) is 0 Å². The first-order chi connectivity index (χ1) is 11.6. The van der Waals surface area contributed by atoms with E-state index >= 15 is 0 Å². The van der Waals surface area contributed by atoms with E-state index in [9.17, 15) is 4.79 Å². The van der Waals surface area contributed by atoms with Crippen molar-refractivity contribution in [2.45, 2.75) is 31.9 Å². The number of carbonyl (C=O) groups excluding carboxylic acids is 1. The Kier molecular flexibility index (Phi) is 4.38. The fourth-order valence-corrected chi connectivity index (χ4v) is 3.07. The number of rotatable bonds is 4. The fourth-order valence-electron chi connectivity index (χ4n) is 3.07. The van der Waals surface area contributed by atoms with Crippen LogP contribution in [0.1, 0.15) is 36.6 Å². The molecule has 1 heterocycles. The largest absolute Gasteiger partial charge is 0.467 e. The van der Waals surface area contributed by atoms with Gasteiger partial charge in [0.1, 0.15) is 0 Å². The Morgan fingerprint density at radius 2 is 1.83 bits per heavy atom. The molecule has 124 valence electrons. The zero-order valence-electron chi connectivity index (χ0n) is 14.2. The van der Waals surface area contributed by atoms with E-state index in [2.05, 4.69) is 18.0 Å². The quantitative estimate of drug-likeness (QED) is 0.806. The minimum atomic E-state index is -1.11. The zero-order valence-corrected chi connectivity index (χ0v) is 14.2. The molecule has 0 saturated heterocycles. The highest BCUT2D eigenvalue weighted by molar-refractivity contribution is 5.99. The van der Waals surface area contributed by atoms with Crippen LogP contribution in [0.2, 0.25) is 0 Å². The van der Waals surface area contributed by atoms with Gasteiger partial charge in [-0.2, -0.15) is 0 Å². The predicted octanol–water partition coefficient (Wildman–Crippen LogP) is 3.70. The molecule has 4 heteroatoms. The molecule has 3 rings (SSSR count). The maximum Gasteiger partial charge on any atom is 0.337 e. The maximum absolute atomic E-state index is 12.5. The minimum absolute atomic E-state index is 0.399. The number of benzene rings is 2. The molecule has 0 aromatic heterocycles. The van der Waals surface area contributed by atoms with Gasteiger partial charge in [-0.25, -0.2) is 9.79 Å². The van der Waals surface area contributed by atoms with Crippen molar-refractivity contribution in [1.82, 2.24) is 0 Å². The van der Waals surface area contributed by atoms with Crippen molar-refractivity contribution in [3.63, 3.8) is 0 Å². The van der Waals surface area contributed by atoms with Crippen LogP contribution in [-0.2, 0) is 20.7 Å². The second kappa shape index (κ2) is 6.48. The molecule has 0 fully saturated rings. The highest BCUT2D eigenvalue weighted by atomic mass is 16.5. The molecule has 0 spiro atoms. The molecule has 2 aromatic carbocycles. The number of aryl methyl sites for hydroxylation is 1. The number of aliphatic imine (C=N–C) groups is 1. The van der Waals surface area contributed by atoms with Crippen LogP contribution in [0.4, 0.5) is 0 Å². The summed E-state index contributed by atoms with van der Waals surface area (Å²) in [6.45, 7) is 3.86. The number of hydrogen-bond acceptors (Lipinski definition) is 4. The van der Waals surface area contributed by atoms with Crippen molar-refractivity contribution < 1.29 is 14.3 Å². The Labute approximate surface area is 142 Å². The summed E-state index contributed by atoms with van der Waals surface area (Å²) in [6.07, 6.45) is 0.352. The second-order valence-electron chi connectivity index (χ2n) is 5.97. The van der Waals surface area contributed by atoms with Gasteiger partial charge in [0.15, 0.2) is 11.6 Å². The lowest BCUT2D eigenvalue weighted by Crippen LogP contribution is -2.39. The van der Waals surface area contributed by atoms with Gasteiger partial charge in [0.25, 0.3) is 0 Å². The van der Waals surface area contributed by atoms with Crippen molar-refractivity contribution in [1.29, 1.82) is 0 Å². The van der Waals surface area contributed by atoms with E-state index in [1.807, 2.05) is 48.5 Å². The van der Waals surface area contributed by atoms with Crippen LogP contribution in [-0.4, -0.2) is 24.5 Å². The summed E-state index contributed by atoms with van der Waals surface area (Å²) < 4.78 is 11.2. The molecular weight excluding hydrogens is 302 g/mol. The summed E-state index contributed by atoms with van der Waals surface area (Å²) in [5.74, 6) is 0.0729. The summed E-state index contributed by atoms with van der Waals surface area (Å²) in [7, 11) is 1.38. The molecule has 0 saturated carbocycles. The van der Waals surface area contributed by atoms with Crippen molar-refractivity contribution in [2.24, 2.45) is 4.99 Å². The van der Waals surface area contributed by atoms with Gasteiger partial charge in [-0.1, -0.05) is 49.4 Å². The normalized spacial score (nSPS) is 22.6. The molecular formula is C20H21NO3. The molecule has 0 aliphatic carbocycles. The van der Waals surface area contributed by atoms with Crippen LogP contribution in [0.25, 0.3) is 0 Å². The number of methoxy groups -OCH3 is 1. The molecule has 0 amide bonds. The first-order valence-corrected chi connectivity index (χ1v) is 8.08. The number of hydrogen-bond donors (Lipinski definition) is 0. The third-order valence-corrected chi connectivity index (χ3v) is 4.41. The van der Waals surface area contributed by atoms with Gasteiger partial charge >= 0.3 is 5.97 Å². The van der Waals surface area contributed by atoms with Crippen LogP contribution in [0.5, 0.6) is 0 Å². The van der Waals surface area contributed by atoms with Crippen LogP contribution < -0.4 is 0 Å². The fraction of sp³-hybridized carbons (Fsp3) is 0.300. The van der Waals surface area contributed by atoms with E-state index in [1.165, 1.54) is 7.11 Å². The molecule has 0 bridgehead atoms. The van der Waals surface area contributed by atoms with E-state index in [4.69, 9.17) is 9.47 Å². The van der Waals surface area contributed by atoms with Crippen molar-refractivity contribution >= 4 is 11.9 Å². The van der Waals surface area contributed by atoms with Gasteiger partial charge < -0.3 is 9.47 Å². The topological polar surface area (TPSA) is 47.9 Å². The van der Waals surface area contributed by atoms with E-state index in [0.717, 1.165) is 23.1 Å². The highest BCUT2D eigenvalue weighted by Crippen LogP contribution is 2.41. The number of nitrogens with zero attached hydrogens (tertiary/aromatic N) is 1. The summed E-state index contributed by atoms with van der Waals surface area (Å²) in [5, 5.41) is 0. The Hall–Kier alpha value is -2.62. The van der Waals surface area contributed by atoms with Gasteiger partial charge in [0.05, 0.1) is 7.11 Å². The summed E-state index contributed by atoms with van der Waals surface area (Å²) in [6, 6.07) is 17.6. The summed E-state index contributed by atoms with van der Waals surface area (Å²) in [5.41, 5.74) is 1.86. The number of carbonyl (C=O) groups is 1. The monoisotopic (exact) mass is 323 g/mol. The maximum atomic E-state index is 12.5. The standard InChI is InChI=1S/C20H21NO3/c1-4-14-10-8-9-13-16(14)17-20(2,19(22)23-3)21-18(24-17)15-11-6-5-7-12-15/h5-13,17H,4H2,1-3H3/t17-,20-/m0/s1. The average Bonchev–Trinajstić information content (AvgIpc) is 3.00. The highest BCUT2D eigenvalue weighted by Gasteiger charge is 2.51. The molecule has 0 radical (unpaired) electrons. The molecule has 2 atom stereocenters. The molecule has 2 aromatic rings. The molecule has 4 nitrogen and oxygen atoms in total. The molecule has 24 heavy (non-hydrogen) atoms. The van der Waals surface area contributed by atoms with Gasteiger partial charge in [-0.15, -0.1) is 0 Å². The lowest BCUT2D eigenvalue weighted by molar-refractivity contribution is -0.149. The third-order valence-electron chi connectivity index (χ3n) is 4.41. The smallest absolute Gasteiger partial charge is 0.337 e. The Morgan fingerprint density at radius 1 is 1.17 bits per heavy atom. The molecule has 1 aliphatic rings. The lowest BCUT2D eigenvalue weighted by Gasteiger charge is -2.26. The van der Waals surface area contributed by atoms with Crippen LogP contribution in [0, 0.1) is 0 Å². The Morgan fingerprint density at radius 3 is 2.50 bits per heavy atom. The van der Waals surface area contributed by atoms with Gasteiger partial charge in [0.2, 0.25) is 5.90 Å². The first-order valence-electron chi connectivity index (χ1n) is 8.08. The van der Waals surface area contributed by atoms with Gasteiger partial charge in [-0.05, 0) is 36.6 Å². The van der Waals surface area contributed by atoms with Crippen molar-refractivity contribution in [2.75, 3.05) is 7.11 Å². The molecule has 1 aliphatic heterocycles.